The van der Waals surface area contributed by atoms with E-state index in [1.807, 2.05) is 35.2 Å². The quantitative estimate of drug-likeness (QED) is 0.337. The molecule has 0 aliphatic carbocycles. The largest absolute Gasteiger partial charge is 0.384 e. The number of benzene rings is 2. The van der Waals surface area contributed by atoms with Crippen LogP contribution < -0.4 is 10.6 Å². The number of nitrogens with two attached hydrogens (primary N) is 1. The van der Waals surface area contributed by atoms with Gasteiger partial charge in [-0.15, -0.1) is 0 Å². The van der Waals surface area contributed by atoms with E-state index in [-0.39, 0.29) is 17.7 Å². The van der Waals surface area contributed by atoms with Gasteiger partial charge in [0.25, 0.3) is 0 Å². The maximum atomic E-state index is 13.6. The average Bonchev–Trinajstić information content (AvgIpc) is 2.81. The Labute approximate surface area is 198 Å². The molecule has 0 radical (unpaired) electrons. The van der Waals surface area contributed by atoms with Crippen molar-refractivity contribution >= 4 is 17.4 Å². The summed E-state index contributed by atoms with van der Waals surface area (Å²) in [5.41, 5.74) is 9.59. The zero-order chi connectivity index (χ0) is 23.4. The standard InChI is InChI=1S/C28H38N4O/c1-20-10-8-11-21(2)31(20)16-6-3-7-17-32-26-15-5-4-12-23(26)19-25(28(32)33)22-13-9-14-24(18-22)27(29)30/h4-5,9,12-15,18,20-21,25H,3,6-8,10-11,16-17,19H2,1-2H3,(H3,29,30). The van der Waals surface area contributed by atoms with Crippen LogP contribution in [0.4, 0.5) is 5.69 Å². The summed E-state index contributed by atoms with van der Waals surface area (Å²) in [7, 11) is 0. The van der Waals surface area contributed by atoms with Crippen LogP contribution in [0.1, 0.15) is 75.0 Å². The zero-order valence-corrected chi connectivity index (χ0v) is 20.1. The van der Waals surface area contributed by atoms with E-state index in [0.717, 1.165) is 37.2 Å². The van der Waals surface area contributed by atoms with Crippen LogP contribution >= 0.6 is 0 Å². The number of nitrogens with zero attached hydrogens (tertiary/aromatic N) is 2. The van der Waals surface area contributed by atoms with Crippen molar-refractivity contribution in [2.75, 3.05) is 18.0 Å². The molecule has 5 nitrogen and oxygen atoms in total. The van der Waals surface area contributed by atoms with Crippen molar-refractivity contribution in [2.45, 2.75) is 76.8 Å². The third-order valence-corrected chi connectivity index (χ3v) is 7.54. The Bertz CT molecular complexity index is 977. The number of amidine groups is 1. The van der Waals surface area contributed by atoms with E-state index in [2.05, 4.69) is 36.9 Å². The van der Waals surface area contributed by atoms with Gasteiger partial charge >= 0.3 is 0 Å². The van der Waals surface area contributed by atoms with Crippen molar-refractivity contribution < 1.29 is 4.79 Å². The van der Waals surface area contributed by atoms with Gasteiger partial charge in [-0.25, -0.2) is 0 Å². The van der Waals surface area contributed by atoms with Crippen LogP contribution in [-0.4, -0.2) is 41.8 Å². The fraction of sp³-hybridized carbons (Fsp3) is 0.500. The number of nitrogens with one attached hydrogen (secondary N) is 1. The fourth-order valence-electron chi connectivity index (χ4n) is 5.63. The summed E-state index contributed by atoms with van der Waals surface area (Å²) in [6.45, 7) is 6.64. The predicted octanol–water partition coefficient (Wildman–Crippen LogP) is 5.08. The molecule has 176 valence electrons. The normalized spacial score (nSPS) is 23.4. The Morgan fingerprint density at radius 1 is 1.00 bits per heavy atom. The Morgan fingerprint density at radius 3 is 2.48 bits per heavy atom. The lowest BCUT2D eigenvalue weighted by Gasteiger charge is -2.39. The minimum absolute atomic E-state index is 0.0368. The lowest BCUT2D eigenvalue weighted by atomic mass is 9.85. The summed E-state index contributed by atoms with van der Waals surface area (Å²) >= 11 is 0. The molecule has 0 aromatic heterocycles. The Kier molecular flexibility index (Phi) is 7.49. The number of piperidine rings is 1. The second kappa shape index (κ2) is 10.5. The monoisotopic (exact) mass is 446 g/mol. The number of carbonyl (C=O) groups excluding carboxylic acids is 1. The summed E-state index contributed by atoms with van der Waals surface area (Å²) in [5.74, 6) is -0.0309. The molecule has 5 heteroatoms. The van der Waals surface area contributed by atoms with E-state index in [1.165, 1.54) is 31.2 Å². The van der Waals surface area contributed by atoms with E-state index in [0.29, 0.717) is 24.1 Å². The molecule has 3 N–H and O–H groups in total. The minimum Gasteiger partial charge on any atom is -0.384 e. The maximum absolute atomic E-state index is 13.6. The van der Waals surface area contributed by atoms with Gasteiger partial charge in [-0.2, -0.15) is 0 Å². The number of para-hydroxylation sites is 1. The number of hydrogen-bond acceptors (Lipinski definition) is 3. The maximum Gasteiger partial charge on any atom is 0.234 e. The van der Waals surface area contributed by atoms with Gasteiger partial charge in [0.2, 0.25) is 5.91 Å². The molecule has 2 aliphatic heterocycles. The number of fused-ring (bicyclic) bond motifs is 1. The molecule has 3 unspecified atom stereocenters. The van der Waals surface area contributed by atoms with Gasteiger partial charge in [0.1, 0.15) is 5.84 Å². The van der Waals surface area contributed by atoms with E-state index < -0.39 is 0 Å². The molecule has 1 amide bonds. The molecule has 3 atom stereocenters. The molecule has 1 saturated heterocycles. The molecule has 4 rings (SSSR count). The number of anilines is 1. The molecular formula is C28H38N4O. The molecule has 0 spiro atoms. The van der Waals surface area contributed by atoms with Crippen molar-refractivity contribution in [1.82, 2.24) is 4.90 Å². The average molecular weight is 447 g/mol. The van der Waals surface area contributed by atoms with E-state index in [1.54, 1.807) is 0 Å². The van der Waals surface area contributed by atoms with Gasteiger partial charge < -0.3 is 10.6 Å². The SMILES string of the molecule is CC1CCCC(C)N1CCCCCN1C(=O)C(c2cccc(C(=N)N)c2)Cc2ccccc21. The third-order valence-electron chi connectivity index (χ3n) is 7.54. The number of rotatable bonds is 8. The molecule has 0 saturated carbocycles. The first-order valence-corrected chi connectivity index (χ1v) is 12.5. The van der Waals surface area contributed by atoms with Gasteiger partial charge in [-0.3, -0.25) is 15.1 Å². The highest BCUT2D eigenvalue weighted by Gasteiger charge is 2.33. The first-order chi connectivity index (χ1) is 16.0. The van der Waals surface area contributed by atoms with Crippen LogP contribution in [-0.2, 0) is 11.2 Å². The highest BCUT2D eigenvalue weighted by atomic mass is 16.2. The van der Waals surface area contributed by atoms with Gasteiger partial charge in [-0.1, -0.05) is 49.2 Å². The van der Waals surface area contributed by atoms with Crippen molar-refractivity contribution in [3.63, 3.8) is 0 Å². The summed E-state index contributed by atoms with van der Waals surface area (Å²) in [6, 6.07) is 17.3. The number of amides is 1. The van der Waals surface area contributed by atoms with Crippen LogP contribution in [0.15, 0.2) is 48.5 Å². The van der Waals surface area contributed by atoms with E-state index >= 15 is 0 Å². The predicted molar refractivity (Wildman–Crippen MR) is 136 cm³/mol. The van der Waals surface area contributed by atoms with Crippen LogP contribution in [0.5, 0.6) is 0 Å². The van der Waals surface area contributed by atoms with Gasteiger partial charge in [0.15, 0.2) is 0 Å². The molecule has 2 aromatic carbocycles. The highest BCUT2D eigenvalue weighted by Crippen LogP contribution is 2.36. The topological polar surface area (TPSA) is 73.4 Å². The summed E-state index contributed by atoms with van der Waals surface area (Å²) in [6.07, 6.45) is 8.00. The number of likely N-dealkylation sites (tertiary alicyclic amines) is 1. The Balaban J connectivity index is 1.42. The molecule has 2 aliphatic rings. The van der Waals surface area contributed by atoms with Crippen LogP contribution in [0.3, 0.4) is 0 Å². The van der Waals surface area contributed by atoms with Gasteiger partial charge in [-0.05, 0) is 75.8 Å². The van der Waals surface area contributed by atoms with E-state index in [9.17, 15) is 4.79 Å². The second-order valence-electron chi connectivity index (χ2n) is 9.84. The van der Waals surface area contributed by atoms with Crippen molar-refractivity contribution in [2.24, 2.45) is 5.73 Å². The molecule has 33 heavy (non-hydrogen) atoms. The number of hydrogen-bond donors (Lipinski definition) is 2. The van der Waals surface area contributed by atoms with Crippen LogP contribution in [0.2, 0.25) is 0 Å². The third kappa shape index (κ3) is 5.30. The van der Waals surface area contributed by atoms with Crippen molar-refractivity contribution in [3.8, 4) is 0 Å². The lowest BCUT2D eigenvalue weighted by molar-refractivity contribution is -0.120. The van der Waals surface area contributed by atoms with Crippen LogP contribution in [0, 0.1) is 5.41 Å². The summed E-state index contributed by atoms with van der Waals surface area (Å²) in [5, 5.41) is 7.76. The second-order valence-corrected chi connectivity index (χ2v) is 9.84. The number of unbranched alkanes of at least 4 members (excludes halogenated alkanes) is 2. The van der Waals surface area contributed by atoms with Gasteiger partial charge in [0.05, 0.1) is 5.92 Å². The first kappa shape index (κ1) is 23.5. The molecule has 1 fully saturated rings. The Hall–Kier alpha value is -2.66. The Morgan fingerprint density at radius 2 is 1.73 bits per heavy atom. The molecule has 0 bridgehead atoms. The first-order valence-electron chi connectivity index (χ1n) is 12.5. The molecule has 2 heterocycles. The van der Waals surface area contributed by atoms with Crippen molar-refractivity contribution in [1.29, 1.82) is 5.41 Å². The van der Waals surface area contributed by atoms with Crippen LogP contribution in [0.25, 0.3) is 0 Å². The molecular weight excluding hydrogens is 408 g/mol. The minimum atomic E-state index is -0.228. The lowest BCUT2D eigenvalue weighted by Crippen LogP contribution is -2.44. The number of carbonyl (C=O) groups is 1. The van der Waals surface area contributed by atoms with Crippen molar-refractivity contribution in [3.05, 3.63) is 65.2 Å². The molecule has 2 aromatic rings. The summed E-state index contributed by atoms with van der Waals surface area (Å²) < 4.78 is 0. The smallest absolute Gasteiger partial charge is 0.234 e. The highest BCUT2D eigenvalue weighted by molar-refractivity contribution is 6.01. The van der Waals surface area contributed by atoms with Gasteiger partial charge in [0, 0.05) is 29.9 Å². The number of nitrogen functional groups attached to an aromatic ring is 1. The summed E-state index contributed by atoms with van der Waals surface area (Å²) in [4.78, 5) is 18.3. The zero-order valence-electron chi connectivity index (χ0n) is 20.1. The van der Waals surface area contributed by atoms with E-state index in [4.69, 9.17) is 11.1 Å². The fourth-order valence-corrected chi connectivity index (χ4v) is 5.63.